The molecular formula is C48H32N2. The summed E-state index contributed by atoms with van der Waals surface area (Å²) in [7, 11) is 0. The van der Waals surface area contributed by atoms with Gasteiger partial charge in [0.15, 0.2) is 0 Å². The molecule has 2 aromatic heterocycles. The van der Waals surface area contributed by atoms with Gasteiger partial charge in [0, 0.05) is 32.9 Å². The van der Waals surface area contributed by atoms with E-state index in [1.807, 2.05) is 0 Å². The Morgan fingerprint density at radius 3 is 1.20 bits per heavy atom. The largest absolute Gasteiger partial charge is 0.309 e. The number of hydrogen-bond donors (Lipinski definition) is 0. The van der Waals surface area contributed by atoms with Crippen LogP contribution in [0.1, 0.15) is 0 Å². The Balaban J connectivity index is 1.15. The molecule has 2 heteroatoms. The second kappa shape index (κ2) is 11.5. The maximum absolute atomic E-state index is 2.42. The summed E-state index contributed by atoms with van der Waals surface area (Å²) >= 11 is 0. The number of rotatable bonds is 5. The van der Waals surface area contributed by atoms with Gasteiger partial charge in [-0.05, 0) is 81.9 Å². The van der Waals surface area contributed by atoms with E-state index in [0.29, 0.717) is 0 Å². The quantitative estimate of drug-likeness (QED) is 0.178. The zero-order valence-corrected chi connectivity index (χ0v) is 27.4. The molecule has 10 aromatic rings. The Kier molecular flexibility index (Phi) is 6.53. The fraction of sp³-hybridized carbons (Fsp3) is 0. The molecule has 8 aromatic carbocycles. The summed E-state index contributed by atoms with van der Waals surface area (Å²) in [6, 6.07) is 70.4. The van der Waals surface area contributed by atoms with Gasteiger partial charge in [0.1, 0.15) is 0 Å². The summed E-state index contributed by atoms with van der Waals surface area (Å²) in [6.07, 6.45) is 0. The van der Waals surface area contributed by atoms with Gasteiger partial charge in [0.05, 0.1) is 22.1 Å². The molecule has 0 fully saturated rings. The predicted molar refractivity (Wildman–Crippen MR) is 211 cm³/mol. The first kappa shape index (κ1) is 28.4. The smallest absolute Gasteiger partial charge is 0.0547 e. The van der Waals surface area contributed by atoms with Gasteiger partial charge in [-0.25, -0.2) is 0 Å². The summed E-state index contributed by atoms with van der Waals surface area (Å²) in [5, 5.41) is 5.02. The highest BCUT2D eigenvalue weighted by Crippen LogP contribution is 2.38. The SMILES string of the molecule is c1ccc(-c2ccc(-n3c4ccccc4c4ccc(-c5ccc6c7ccccc7n(-c7cccc(-c8ccccc8)c7)c6c5)cc43)cc2)cc1. The number of benzene rings is 8. The van der Waals surface area contributed by atoms with Crippen molar-refractivity contribution in [1.82, 2.24) is 9.13 Å². The first-order chi connectivity index (χ1) is 24.8. The minimum Gasteiger partial charge on any atom is -0.309 e. The molecule has 10 rings (SSSR count). The van der Waals surface area contributed by atoms with E-state index < -0.39 is 0 Å². The van der Waals surface area contributed by atoms with Gasteiger partial charge >= 0.3 is 0 Å². The summed E-state index contributed by atoms with van der Waals surface area (Å²) in [6.45, 7) is 0. The van der Waals surface area contributed by atoms with Crippen LogP contribution in [-0.2, 0) is 0 Å². The van der Waals surface area contributed by atoms with E-state index in [-0.39, 0.29) is 0 Å². The molecule has 0 N–H and O–H groups in total. The van der Waals surface area contributed by atoms with E-state index in [1.54, 1.807) is 0 Å². The molecule has 0 aliphatic rings. The third-order valence-corrected chi connectivity index (χ3v) is 10.1. The molecule has 2 nitrogen and oxygen atoms in total. The van der Waals surface area contributed by atoms with Gasteiger partial charge in [-0.1, -0.05) is 146 Å². The second-order valence-corrected chi connectivity index (χ2v) is 13.0. The summed E-state index contributed by atoms with van der Waals surface area (Å²) < 4.78 is 4.83. The summed E-state index contributed by atoms with van der Waals surface area (Å²) in [5.41, 5.74) is 14.4. The average molecular weight is 637 g/mol. The predicted octanol–water partition coefficient (Wildman–Crippen LogP) is 12.9. The Bertz CT molecular complexity index is 2840. The normalized spacial score (nSPS) is 11.6. The Morgan fingerprint density at radius 1 is 0.220 bits per heavy atom. The molecule has 0 aliphatic heterocycles. The highest BCUT2D eigenvalue weighted by molar-refractivity contribution is 6.12. The lowest BCUT2D eigenvalue weighted by atomic mass is 10.0. The van der Waals surface area contributed by atoms with Crippen molar-refractivity contribution in [3.8, 4) is 44.8 Å². The Hall–Kier alpha value is -6.64. The van der Waals surface area contributed by atoms with Crippen molar-refractivity contribution >= 4 is 43.6 Å². The van der Waals surface area contributed by atoms with Crippen LogP contribution in [0.25, 0.3) is 88.4 Å². The van der Waals surface area contributed by atoms with E-state index in [1.165, 1.54) is 77.0 Å². The summed E-state index contributed by atoms with van der Waals surface area (Å²) in [4.78, 5) is 0. The maximum atomic E-state index is 2.42. The van der Waals surface area contributed by atoms with Gasteiger partial charge in [-0.15, -0.1) is 0 Å². The number of aromatic nitrogens is 2. The van der Waals surface area contributed by atoms with Crippen molar-refractivity contribution in [2.24, 2.45) is 0 Å². The average Bonchev–Trinajstić information content (AvgIpc) is 3.71. The molecule has 2 heterocycles. The van der Waals surface area contributed by atoms with Crippen molar-refractivity contribution in [1.29, 1.82) is 0 Å². The van der Waals surface area contributed by atoms with Crippen LogP contribution >= 0.6 is 0 Å². The molecule has 50 heavy (non-hydrogen) atoms. The van der Waals surface area contributed by atoms with Crippen LogP contribution in [0.15, 0.2) is 194 Å². The fourth-order valence-electron chi connectivity index (χ4n) is 7.75. The molecule has 0 saturated carbocycles. The standard InChI is InChI=1S/C48H32N2/c1-3-12-33(13-4-1)35-22-26-39(27-23-35)49-45-20-9-7-18-41(45)43-28-24-37(31-47(43)49)38-25-29-44-42-19-8-10-21-46(42)50(48(44)32-38)40-17-11-16-36(30-40)34-14-5-2-6-15-34/h1-32H. The third kappa shape index (κ3) is 4.57. The highest BCUT2D eigenvalue weighted by atomic mass is 15.0. The van der Waals surface area contributed by atoms with Gasteiger partial charge in [-0.2, -0.15) is 0 Å². The molecule has 0 saturated heterocycles. The van der Waals surface area contributed by atoms with Gasteiger partial charge in [0.2, 0.25) is 0 Å². The van der Waals surface area contributed by atoms with Crippen molar-refractivity contribution in [3.05, 3.63) is 194 Å². The zero-order valence-electron chi connectivity index (χ0n) is 27.4. The van der Waals surface area contributed by atoms with Crippen LogP contribution in [0.2, 0.25) is 0 Å². The fourth-order valence-corrected chi connectivity index (χ4v) is 7.75. The maximum Gasteiger partial charge on any atom is 0.0547 e. The minimum absolute atomic E-state index is 1.15. The van der Waals surface area contributed by atoms with E-state index in [2.05, 4.69) is 203 Å². The molecule has 0 atom stereocenters. The summed E-state index contributed by atoms with van der Waals surface area (Å²) in [5.74, 6) is 0. The number of fused-ring (bicyclic) bond motifs is 6. The van der Waals surface area contributed by atoms with E-state index in [0.717, 1.165) is 11.4 Å². The lowest BCUT2D eigenvalue weighted by Gasteiger charge is -2.12. The number of hydrogen-bond acceptors (Lipinski definition) is 0. The lowest BCUT2D eigenvalue weighted by Crippen LogP contribution is -1.95. The van der Waals surface area contributed by atoms with Crippen LogP contribution in [0.3, 0.4) is 0 Å². The Morgan fingerprint density at radius 2 is 0.620 bits per heavy atom. The van der Waals surface area contributed by atoms with Gasteiger partial charge in [0.25, 0.3) is 0 Å². The van der Waals surface area contributed by atoms with Crippen LogP contribution in [0, 0.1) is 0 Å². The van der Waals surface area contributed by atoms with Crippen LogP contribution in [-0.4, -0.2) is 9.13 Å². The van der Waals surface area contributed by atoms with Crippen LogP contribution in [0.4, 0.5) is 0 Å². The Labute approximate surface area is 290 Å². The van der Waals surface area contributed by atoms with E-state index in [4.69, 9.17) is 0 Å². The molecule has 0 bridgehead atoms. The van der Waals surface area contributed by atoms with Crippen molar-refractivity contribution in [2.75, 3.05) is 0 Å². The minimum atomic E-state index is 1.15. The van der Waals surface area contributed by atoms with Crippen molar-refractivity contribution in [3.63, 3.8) is 0 Å². The zero-order chi connectivity index (χ0) is 33.0. The molecule has 0 aliphatic carbocycles. The van der Waals surface area contributed by atoms with Crippen LogP contribution in [0.5, 0.6) is 0 Å². The first-order valence-electron chi connectivity index (χ1n) is 17.2. The molecule has 234 valence electrons. The molecular weight excluding hydrogens is 605 g/mol. The van der Waals surface area contributed by atoms with Crippen LogP contribution < -0.4 is 0 Å². The van der Waals surface area contributed by atoms with Gasteiger partial charge < -0.3 is 9.13 Å². The number of nitrogens with zero attached hydrogens (tertiary/aromatic N) is 2. The second-order valence-electron chi connectivity index (χ2n) is 13.0. The highest BCUT2D eigenvalue weighted by Gasteiger charge is 2.16. The van der Waals surface area contributed by atoms with Gasteiger partial charge in [-0.3, -0.25) is 0 Å². The van der Waals surface area contributed by atoms with Crippen molar-refractivity contribution < 1.29 is 0 Å². The van der Waals surface area contributed by atoms with E-state index >= 15 is 0 Å². The molecule has 0 radical (unpaired) electrons. The first-order valence-corrected chi connectivity index (χ1v) is 17.2. The monoisotopic (exact) mass is 636 g/mol. The molecule has 0 unspecified atom stereocenters. The third-order valence-electron chi connectivity index (χ3n) is 10.1. The van der Waals surface area contributed by atoms with E-state index in [9.17, 15) is 0 Å². The molecule has 0 spiro atoms. The van der Waals surface area contributed by atoms with Crippen molar-refractivity contribution in [2.45, 2.75) is 0 Å². The number of para-hydroxylation sites is 2. The lowest BCUT2D eigenvalue weighted by molar-refractivity contribution is 1.18. The topological polar surface area (TPSA) is 9.86 Å². The molecule has 0 amide bonds.